The normalized spacial score (nSPS) is 12.6. The highest BCUT2D eigenvalue weighted by Gasteiger charge is 2.23. The van der Waals surface area contributed by atoms with Crippen LogP contribution in [0.1, 0.15) is 26.0 Å². The Balaban J connectivity index is 2.92. The van der Waals surface area contributed by atoms with E-state index in [4.69, 9.17) is 10.5 Å². The van der Waals surface area contributed by atoms with Gasteiger partial charge in [0.05, 0.1) is 18.5 Å². The van der Waals surface area contributed by atoms with Gasteiger partial charge in [-0.25, -0.2) is 4.79 Å². The van der Waals surface area contributed by atoms with Crippen LogP contribution in [0.2, 0.25) is 0 Å². The predicted octanol–water partition coefficient (Wildman–Crippen LogP) is 1.31. The number of aromatic nitrogens is 2. The molecule has 3 N–H and O–H groups in total. The van der Waals surface area contributed by atoms with Gasteiger partial charge in [-0.15, -0.1) is 0 Å². The molecule has 18 heavy (non-hydrogen) atoms. The summed E-state index contributed by atoms with van der Waals surface area (Å²) in [5.41, 5.74) is 7.23. The molecule has 0 saturated carbocycles. The smallest absolute Gasteiger partial charge is 0.328 e. The number of methoxy groups -OCH3 is 1. The van der Waals surface area contributed by atoms with E-state index in [2.05, 4.69) is 24.3 Å². The minimum atomic E-state index is -0.410. The zero-order valence-electron chi connectivity index (χ0n) is 11.7. The van der Waals surface area contributed by atoms with Gasteiger partial charge in [0.1, 0.15) is 11.9 Å². The number of nitrogens with zero attached hydrogens (tertiary/aromatic N) is 2. The molecular weight excluding hydrogens is 232 g/mol. The number of esters is 1. The molecular formula is C12H22N4O2. The van der Waals surface area contributed by atoms with Crippen molar-refractivity contribution in [3.05, 3.63) is 5.69 Å². The molecule has 0 aromatic carbocycles. The van der Waals surface area contributed by atoms with Crippen LogP contribution >= 0.6 is 0 Å². The average Bonchev–Trinajstić information content (AvgIpc) is 2.53. The second-order valence-electron chi connectivity index (χ2n) is 4.82. The number of nitrogen functional groups attached to an aromatic ring is 1. The Bertz CT molecular complexity index is 426. The lowest BCUT2D eigenvalue weighted by Gasteiger charge is -2.19. The van der Waals surface area contributed by atoms with Crippen LogP contribution in [0.25, 0.3) is 0 Å². The Morgan fingerprint density at radius 1 is 1.56 bits per heavy atom. The molecule has 0 radical (unpaired) electrons. The topological polar surface area (TPSA) is 82.2 Å². The summed E-state index contributed by atoms with van der Waals surface area (Å²) in [6, 6.07) is -0.410. The first-order chi connectivity index (χ1) is 8.36. The van der Waals surface area contributed by atoms with E-state index in [-0.39, 0.29) is 5.97 Å². The third kappa shape index (κ3) is 3.15. The largest absolute Gasteiger partial charge is 0.467 e. The maximum atomic E-state index is 11.7. The Morgan fingerprint density at radius 3 is 2.56 bits per heavy atom. The number of carbonyl (C=O) groups excluding carboxylic acids is 1. The minimum absolute atomic E-state index is 0.290. The maximum Gasteiger partial charge on any atom is 0.328 e. The lowest BCUT2D eigenvalue weighted by atomic mass is 10.0. The van der Waals surface area contributed by atoms with Crippen molar-refractivity contribution < 1.29 is 9.53 Å². The van der Waals surface area contributed by atoms with E-state index in [0.717, 1.165) is 5.69 Å². The molecule has 1 unspecified atom stereocenters. The van der Waals surface area contributed by atoms with Crippen molar-refractivity contribution in [3.63, 3.8) is 0 Å². The Morgan fingerprint density at radius 2 is 2.17 bits per heavy atom. The van der Waals surface area contributed by atoms with E-state index in [1.165, 1.54) is 7.11 Å². The van der Waals surface area contributed by atoms with Crippen LogP contribution < -0.4 is 11.1 Å². The van der Waals surface area contributed by atoms with E-state index in [1.807, 2.05) is 6.92 Å². The molecule has 6 nitrogen and oxygen atoms in total. The first-order valence-corrected chi connectivity index (χ1v) is 6.00. The Labute approximate surface area is 107 Å². The zero-order chi connectivity index (χ0) is 13.9. The lowest BCUT2D eigenvalue weighted by Crippen LogP contribution is -2.33. The van der Waals surface area contributed by atoms with E-state index in [9.17, 15) is 4.79 Å². The van der Waals surface area contributed by atoms with Crippen molar-refractivity contribution in [2.75, 3.05) is 18.2 Å². The summed E-state index contributed by atoms with van der Waals surface area (Å²) in [5, 5.41) is 7.32. The molecule has 0 bridgehead atoms. The van der Waals surface area contributed by atoms with Gasteiger partial charge < -0.3 is 15.8 Å². The number of ether oxygens (including phenoxy) is 1. The molecule has 0 fully saturated rings. The SMILES string of the molecule is COC(=O)C(CC(C)C)Nc1c(N)c(C)nn1C. The van der Waals surface area contributed by atoms with Gasteiger partial charge in [0, 0.05) is 7.05 Å². The minimum Gasteiger partial charge on any atom is -0.467 e. The number of hydrogen-bond donors (Lipinski definition) is 2. The molecule has 1 rings (SSSR count). The molecule has 1 heterocycles. The summed E-state index contributed by atoms with van der Waals surface area (Å²) in [4.78, 5) is 11.7. The van der Waals surface area contributed by atoms with E-state index >= 15 is 0 Å². The maximum absolute atomic E-state index is 11.7. The lowest BCUT2D eigenvalue weighted by molar-refractivity contribution is -0.141. The van der Waals surface area contributed by atoms with Crippen molar-refractivity contribution in [1.29, 1.82) is 0 Å². The van der Waals surface area contributed by atoms with Crippen LogP contribution in [-0.4, -0.2) is 28.9 Å². The van der Waals surface area contributed by atoms with Gasteiger partial charge in [-0.1, -0.05) is 13.8 Å². The van der Waals surface area contributed by atoms with Gasteiger partial charge in [0.25, 0.3) is 0 Å². The highest BCUT2D eigenvalue weighted by molar-refractivity contribution is 5.80. The molecule has 0 aliphatic rings. The summed E-state index contributed by atoms with van der Waals surface area (Å²) < 4.78 is 6.44. The fourth-order valence-electron chi connectivity index (χ4n) is 1.84. The van der Waals surface area contributed by atoms with Gasteiger partial charge in [-0.2, -0.15) is 5.10 Å². The molecule has 1 aromatic rings. The number of nitrogens with one attached hydrogen (secondary N) is 1. The van der Waals surface area contributed by atoms with E-state index in [1.54, 1.807) is 11.7 Å². The molecule has 1 aromatic heterocycles. The summed E-state index contributed by atoms with van der Waals surface area (Å²) in [7, 11) is 3.17. The Hall–Kier alpha value is -1.72. The molecule has 0 aliphatic heterocycles. The third-order valence-corrected chi connectivity index (χ3v) is 2.77. The molecule has 0 spiro atoms. The van der Waals surface area contributed by atoms with Crippen molar-refractivity contribution in [1.82, 2.24) is 9.78 Å². The first kappa shape index (κ1) is 14.3. The fourth-order valence-corrected chi connectivity index (χ4v) is 1.84. The van der Waals surface area contributed by atoms with Crippen molar-refractivity contribution in [2.24, 2.45) is 13.0 Å². The van der Waals surface area contributed by atoms with Crippen LogP contribution in [0, 0.1) is 12.8 Å². The molecule has 0 aliphatic carbocycles. The quantitative estimate of drug-likeness (QED) is 0.774. The number of aryl methyl sites for hydroxylation is 2. The van der Waals surface area contributed by atoms with E-state index < -0.39 is 6.04 Å². The van der Waals surface area contributed by atoms with Crippen molar-refractivity contribution >= 4 is 17.5 Å². The summed E-state index contributed by atoms with van der Waals surface area (Å²) in [6.45, 7) is 5.93. The monoisotopic (exact) mass is 254 g/mol. The Kier molecular flexibility index (Phi) is 4.58. The molecule has 102 valence electrons. The summed E-state index contributed by atoms with van der Waals surface area (Å²) >= 11 is 0. The van der Waals surface area contributed by atoms with Gasteiger partial charge in [-0.3, -0.25) is 4.68 Å². The number of hydrogen-bond acceptors (Lipinski definition) is 5. The van der Waals surface area contributed by atoms with E-state index in [0.29, 0.717) is 23.8 Å². The molecule has 0 saturated heterocycles. The second-order valence-corrected chi connectivity index (χ2v) is 4.82. The zero-order valence-corrected chi connectivity index (χ0v) is 11.7. The second kappa shape index (κ2) is 5.75. The molecule has 1 atom stereocenters. The van der Waals surface area contributed by atoms with Crippen LogP contribution in [0.4, 0.5) is 11.5 Å². The van der Waals surface area contributed by atoms with Crippen molar-refractivity contribution in [3.8, 4) is 0 Å². The van der Waals surface area contributed by atoms with Crippen LogP contribution in [0.3, 0.4) is 0 Å². The van der Waals surface area contributed by atoms with Crippen LogP contribution in [0.5, 0.6) is 0 Å². The first-order valence-electron chi connectivity index (χ1n) is 6.00. The van der Waals surface area contributed by atoms with Gasteiger partial charge in [0.15, 0.2) is 0 Å². The number of rotatable bonds is 5. The highest BCUT2D eigenvalue weighted by atomic mass is 16.5. The predicted molar refractivity (Wildman–Crippen MR) is 71.2 cm³/mol. The molecule has 6 heteroatoms. The highest BCUT2D eigenvalue weighted by Crippen LogP contribution is 2.23. The standard InChI is InChI=1S/C12H22N4O2/c1-7(2)6-9(12(17)18-5)14-11-10(13)8(3)15-16(11)4/h7,9,14H,6,13H2,1-5H3. The van der Waals surface area contributed by atoms with Gasteiger partial charge in [-0.05, 0) is 19.3 Å². The molecule has 0 amide bonds. The average molecular weight is 254 g/mol. The number of nitrogens with two attached hydrogens (primary N) is 1. The van der Waals surface area contributed by atoms with Gasteiger partial charge in [0.2, 0.25) is 0 Å². The van der Waals surface area contributed by atoms with Gasteiger partial charge >= 0.3 is 5.97 Å². The number of anilines is 2. The van der Waals surface area contributed by atoms with Crippen molar-refractivity contribution in [2.45, 2.75) is 33.2 Å². The summed E-state index contributed by atoms with van der Waals surface area (Å²) in [6.07, 6.45) is 0.677. The third-order valence-electron chi connectivity index (χ3n) is 2.77. The summed E-state index contributed by atoms with van der Waals surface area (Å²) in [5.74, 6) is 0.739. The van der Waals surface area contributed by atoms with Crippen LogP contribution in [0.15, 0.2) is 0 Å². The van der Waals surface area contributed by atoms with Crippen LogP contribution in [-0.2, 0) is 16.6 Å². The number of carbonyl (C=O) groups is 1. The fraction of sp³-hybridized carbons (Fsp3) is 0.667.